The van der Waals surface area contributed by atoms with Crippen molar-refractivity contribution in [2.75, 3.05) is 26.2 Å². The molecular weight excluding hydrogens is 370 g/mol. The van der Waals surface area contributed by atoms with E-state index in [0.717, 1.165) is 50.2 Å². The van der Waals surface area contributed by atoms with Crippen LogP contribution in [-0.4, -0.2) is 42.0 Å². The van der Waals surface area contributed by atoms with Crippen LogP contribution < -0.4 is 5.32 Å². The molecule has 4 aliphatic carbocycles. The molecule has 4 saturated carbocycles. The summed E-state index contributed by atoms with van der Waals surface area (Å²) in [6.45, 7) is 5.46. The van der Waals surface area contributed by atoms with Crippen LogP contribution in [0.3, 0.4) is 0 Å². The topological polar surface area (TPSA) is 45.2 Å². The molecule has 0 radical (unpaired) electrons. The Bertz CT molecular complexity index is 639. The predicted octanol–water partition coefficient (Wildman–Crippen LogP) is 4.84. The van der Waals surface area contributed by atoms with Crippen LogP contribution in [-0.2, 0) is 11.2 Å². The highest BCUT2D eigenvalue weighted by atomic mass is 16.2. The molecule has 0 aliphatic heterocycles. The zero-order chi connectivity index (χ0) is 20.8. The molecule has 0 spiro atoms. The number of amides is 1. The normalized spacial score (nSPS) is 29.3. The van der Waals surface area contributed by atoms with E-state index in [9.17, 15) is 4.79 Å². The lowest BCUT2D eigenvalue weighted by molar-refractivity contribution is -0.131. The van der Waals surface area contributed by atoms with E-state index in [-0.39, 0.29) is 0 Å². The number of carbonyl (C=O) groups excluding carboxylic acids is 1. The highest BCUT2D eigenvalue weighted by Crippen LogP contribution is 2.61. The fraction of sp³-hybridized carbons (Fsp3) is 0.769. The summed E-state index contributed by atoms with van der Waals surface area (Å²) < 4.78 is 0. The first-order chi connectivity index (χ1) is 14.7. The van der Waals surface area contributed by atoms with Crippen LogP contribution in [0.15, 0.2) is 24.5 Å². The third-order valence-electron chi connectivity index (χ3n) is 8.08. The van der Waals surface area contributed by atoms with Gasteiger partial charge in [0.25, 0.3) is 0 Å². The summed E-state index contributed by atoms with van der Waals surface area (Å²) >= 11 is 0. The van der Waals surface area contributed by atoms with Crippen LogP contribution in [0.1, 0.15) is 76.7 Å². The Morgan fingerprint density at radius 2 is 1.73 bits per heavy atom. The van der Waals surface area contributed by atoms with Gasteiger partial charge in [-0.25, -0.2) is 0 Å². The summed E-state index contributed by atoms with van der Waals surface area (Å²) in [5, 5.41) is 3.39. The minimum atomic E-state index is 0.297. The van der Waals surface area contributed by atoms with E-state index in [2.05, 4.69) is 22.1 Å². The van der Waals surface area contributed by atoms with Crippen molar-refractivity contribution in [3.8, 4) is 0 Å². The van der Waals surface area contributed by atoms with Gasteiger partial charge in [0.05, 0.1) is 6.54 Å². The number of aromatic nitrogens is 1. The minimum Gasteiger partial charge on any atom is -0.342 e. The number of pyridine rings is 1. The third kappa shape index (κ3) is 5.63. The average molecular weight is 412 g/mol. The van der Waals surface area contributed by atoms with Crippen molar-refractivity contribution in [2.24, 2.45) is 23.2 Å². The Morgan fingerprint density at radius 1 is 1.07 bits per heavy atom. The molecular formula is C26H41N3O. The van der Waals surface area contributed by atoms with E-state index in [0.29, 0.717) is 17.9 Å². The van der Waals surface area contributed by atoms with Crippen LogP contribution >= 0.6 is 0 Å². The van der Waals surface area contributed by atoms with Gasteiger partial charge in [-0.05, 0) is 105 Å². The van der Waals surface area contributed by atoms with Gasteiger partial charge in [0.2, 0.25) is 5.91 Å². The molecule has 30 heavy (non-hydrogen) atoms. The van der Waals surface area contributed by atoms with Crippen molar-refractivity contribution in [1.29, 1.82) is 0 Å². The molecule has 166 valence electrons. The van der Waals surface area contributed by atoms with E-state index < -0.39 is 0 Å². The molecule has 1 N–H and O–H groups in total. The van der Waals surface area contributed by atoms with Crippen LogP contribution in [0.5, 0.6) is 0 Å². The first-order valence-corrected chi connectivity index (χ1v) is 12.5. The second kappa shape index (κ2) is 10.3. The molecule has 1 aromatic rings. The van der Waals surface area contributed by atoms with Crippen LogP contribution in [0.4, 0.5) is 0 Å². The smallest absolute Gasteiger partial charge is 0.236 e. The molecule has 4 bridgehead atoms. The molecule has 0 atom stereocenters. The van der Waals surface area contributed by atoms with E-state index in [1.165, 1.54) is 63.4 Å². The molecule has 5 rings (SSSR count). The third-order valence-corrected chi connectivity index (χ3v) is 8.08. The molecule has 0 aromatic carbocycles. The number of nitrogens with zero attached hydrogens (tertiary/aromatic N) is 2. The van der Waals surface area contributed by atoms with E-state index in [4.69, 9.17) is 0 Å². The number of rotatable bonds is 12. The molecule has 0 unspecified atom stereocenters. The van der Waals surface area contributed by atoms with Gasteiger partial charge in [-0.15, -0.1) is 0 Å². The maximum atomic E-state index is 13.0. The van der Waals surface area contributed by atoms with Gasteiger partial charge in [0.15, 0.2) is 0 Å². The van der Waals surface area contributed by atoms with Crippen LogP contribution in [0.2, 0.25) is 0 Å². The maximum Gasteiger partial charge on any atom is 0.236 e. The quantitative estimate of drug-likeness (QED) is 0.501. The van der Waals surface area contributed by atoms with Crippen molar-refractivity contribution in [2.45, 2.75) is 77.6 Å². The van der Waals surface area contributed by atoms with Gasteiger partial charge < -0.3 is 10.2 Å². The van der Waals surface area contributed by atoms with Gasteiger partial charge in [-0.1, -0.05) is 19.8 Å². The summed E-state index contributed by atoms with van der Waals surface area (Å²) in [6, 6.07) is 4.10. The Balaban J connectivity index is 1.26. The Labute approximate surface area is 183 Å². The van der Waals surface area contributed by atoms with Gasteiger partial charge in [-0.3, -0.25) is 9.78 Å². The lowest BCUT2D eigenvalue weighted by atomic mass is 9.49. The second-order valence-electron chi connectivity index (χ2n) is 10.5. The van der Waals surface area contributed by atoms with Crippen molar-refractivity contribution in [1.82, 2.24) is 15.2 Å². The molecule has 4 aliphatic rings. The van der Waals surface area contributed by atoms with E-state index in [1.54, 1.807) is 0 Å². The molecule has 1 amide bonds. The number of carbonyl (C=O) groups is 1. The highest BCUT2D eigenvalue weighted by Gasteiger charge is 2.50. The number of hydrogen-bond acceptors (Lipinski definition) is 3. The van der Waals surface area contributed by atoms with Crippen molar-refractivity contribution in [3.05, 3.63) is 30.1 Å². The summed E-state index contributed by atoms with van der Waals surface area (Å²) in [4.78, 5) is 19.3. The lowest BCUT2D eigenvalue weighted by Gasteiger charge is -2.57. The molecule has 1 aromatic heterocycles. The first kappa shape index (κ1) is 21.8. The SMILES string of the molecule is CCCCCN(CCC12CC3CC(CC(C3)C1)C2)C(=O)CNCCc1ccncc1. The summed E-state index contributed by atoms with van der Waals surface area (Å²) in [6.07, 6.45) is 18.3. The fourth-order valence-corrected chi connectivity index (χ4v) is 6.97. The standard InChI is InChI=1S/C26H41N3O/c1-2-3-4-12-29(25(30)20-28-11-7-21-5-9-27-10-6-21)13-8-26-17-22-14-23(18-26)16-24(15-22)19-26/h5-6,9-10,22-24,28H,2-4,7-8,11-20H2,1H3. The molecule has 1 heterocycles. The zero-order valence-electron chi connectivity index (χ0n) is 19.0. The summed E-state index contributed by atoms with van der Waals surface area (Å²) in [5.74, 6) is 3.28. The maximum absolute atomic E-state index is 13.0. The molecule has 0 saturated heterocycles. The van der Waals surface area contributed by atoms with Gasteiger partial charge in [-0.2, -0.15) is 0 Å². The summed E-state index contributed by atoms with van der Waals surface area (Å²) in [7, 11) is 0. The minimum absolute atomic E-state index is 0.297. The number of unbranched alkanes of at least 4 members (excludes halogenated alkanes) is 2. The number of nitrogens with one attached hydrogen (secondary N) is 1. The van der Waals surface area contributed by atoms with Crippen LogP contribution in [0.25, 0.3) is 0 Å². The van der Waals surface area contributed by atoms with Gasteiger partial charge in [0.1, 0.15) is 0 Å². The highest BCUT2D eigenvalue weighted by molar-refractivity contribution is 5.78. The van der Waals surface area contributed by atoms with E-state index in [1.807, 2.05) is 24.5 Å². The Hall–Kier alpha value is -1.42. The van der Waals surface area contributed by atoms with Crippen LogP contribution in [0, 0.1) is 23.2 Å². The zero-order valence-corrected chi connectivity index (χ0v) is 19.0. The molecule has 4 heteroatoms. The van der Waals surface area contributed by atoms with Gasteiger partial charge in [0, 0.05) is 25.5 Å². The monoisotopic (exact) mass is 411 g/mol. The number of hydrogen-bond donors (Lipinski definition) is 1. The Morgan fingerprint density at radius 3 is 2.37 bits per heavy atom. The van der Waals surface area contributed by atoms with Crippen molar-refractivity contribution >= 4 is 5.91 Å². The largest absolute Gasteiger partial charge is 0.342 e. The Kier molecular flexibility index (Phi) is 7.45. The van der Waals surface area contributed by atoms with Gasteiger partial charge >= 0.3 is 0 Å². The lowest BCUT2D eigenvalue weighted by Crippen LogP contribution is -2.48. The van der Waals surface area contributed by atoms with Crippen molar-refractivity contribution < 1.29 is 4.79 Å². The average Bonchev–Trinajstić information content (AvgIpc) is 2.73. The molecule has 4 nitrogen and oxygen atoms in total. The van der Waals surface area contributed by atoms with E-state index >= 15 is 0 Å². The fourth-order valence-electron chi connectivity index (χ4n) is 6.97. The van der Waals surface area contributed by atoms with Crippen molar-refractivity contribution in [3.63, 3.8) is 0 Å². The second-order valence-corrected chi connectivity index (χ2v) is 10.5. The summed E-state index contributed by atoms with van der Waals surface area (Å²) in [5.41, 5.74) is 1.83. The molecule has 4 fully saturated rings. The first-order valence-electron chi connectivity index (χ1n) is 12.5. The predicted molar refractivity (Wildman–Crippen MR) is 122 cm³/mol.